The predicted octanol–water partition coefficient (Wildman–Crippen LogP) is 3.99. The number of aromatic nitrogens is 2. The second kappa shape index (κ2) is 8.49. The molecular formula is C18H17F3N3O7P. The summed E-state index contributed by atoms with van der Waals surface area (Å²) in [6, 6.07) is 3.55. The van der Waals surface area contributed by atoms with E-state index in [4.69, 9.17) is 9.05 Å². The molecule has 0 unspecified atom stereocenters. The highest BCUT2D eigenvalue weighted by Gasteiger charge is 2.36. The molecule has 32 heavy (non-hydrogen) atoms. The second-order valence-corrected chi connectivity index (χ2v) is 8.57. The van der Waals surface area contributed by atoms with Gasteiger partial charge in [0, 0.05) is 11.5 Å². The van der Waals surface area contributed by atoms with Gasteiger partial charge in [0.2, 0.25) is 0 Å². The smallest absolute Gasteiger partial charge is 0.316 e. The lowest BCUT2D eigenvalue weighted by Crippen LogP contribution is -2.36. The molecule has 0 saturated heterocycles. The number of H-pyrrole nitrogens is 1. The third-order valence-electron chi connectivity index (χ3n) is 4.54. The van der Waals surface area contributed by atoms with E-state index in [0.29, 0.717) is 10.6 Å². The van der Waals surface area contributed by atoms with Crippen LogP contribution in [-0.4, -0.2) is 27.7 Å². The number of nitro groups is 1. The average Bonchev–Trinajstić information content (AvgIpc) is 2.69. The molecule has 0 radical (unpaired) electrons. The summed E-state index contributed by atoms with van der Waals surface area (Å²) >= 11 is 0. The molecule has 0 bridgehead atoms. The van der Waals surface area contributed by atoms with Gasteiger partial charge in [-0.15, -0.1) is 0 Å². The van der Waals surface area contributed by atoms with Crippen molar-refractivity contribution in [2.45, 2.75) is 26.3 Å². The molecule has 3 rings (SSSR count). The Morgan fingerprint density at radius 1 is 1.19 bits per heavy atom. The van der Waals surface area contributed by atoms with Crippen molar-refractivity contribution in [3.63, 3.8) is 0 Å². The Balaban J connectivity index is 2.54. The number of halogens is 3. The van der Waals surface area contributed by atoms with Gasteiger partial charge >= 0.3 is 24.9 Å². The van der Waals surface area contributed by atoms with Crippen molar-refractivity contribution in [3.05, 3.63) is 60.7 Å². The Hall–Kier alpha value is -3.02. The molecule has 0 aliphatic carbocycles. The monoisotopic (exact) mass is 475 g/mol. The van der Waals surface area contributed by atoms with Crippen molar-refractivity contribution >= 4 is 35.1 Å². The van der Waals surface area contributed by atoms with Gasteiger partial charge in [0.25, 0.3) is 5.69 Å². The molecule has 1 aromatic heterocycles. The number of hydrogen-bond donors (Lipinski definition) is 1. The summed E-state index contributed by atoms with van der Waals surface area (Å²) in [7, 11) is -3.99. The van der Waals surface area contributed by atoms with Crippen LogP contribution in [-0.2, 0) is 26.1 Å². The second-order valence-electron chi connectivity index (χ2n) is 6.55. The van der Waals surface area contributed by atoms with E-state index in [9.17, 15) is 37.4 Å². The van der Waals surface area contributed by atoms with Crippen LogP contribution in [0.3, 0.4) is 0 Å². The predicted molar refractivity (Wildman–Crippen MR) is 109 cm³/mol. The van der Waals surface area contributed by atoms with Crippen molar-refractivity contribution < 1.29 is 31.7 Å². The summed E-state index contributed by atoms with van der Waals surface area (Å²) in [4.78, 5) is 37.5. The largest absolute Gasteiger partial charge is 0.417 e. The lowest BCUT2D eigenvalue weighted by molar-refractivity contribution is -0.383. The maximum atomic E-state index is 13.6. The number of aromatic amines is 1. The zero-order valence-electron chi connectivity index (χ0n) is 16.8. The zero-order chi connectivity index (χ0) is 23.8. The van der Waals surface area contributed by atoms with Crippen LogP contribution in [0.25, 0.3) is 21.8 Å². The summed E-state index contributed by atoms with van der Waals surface area (Å²) in [6.07, 6.45) is -5.73. The normalized spacial score (nSPS) is 12.5. The number of non-ortho nitro benzene ring substituents is 1. The number of nitrogens with zero attached hydrogens (tertiary/aromatic N) is 2. The van der Waals surface area contributed by atoms with E-state index >= 15 is 0 Å². The van der Waals surface area contributed by atoms with Crippen LogP contribution < -0.4 is 11.1 Å². The minimum Gasteiger partial charge on any atom is -0.316 e. The number of hydrogen-bond acceptors (Lipinski definition) is 7. The van der Waals surface area contributed by atoms with Crippen LogP contribution in [0, 0.1) is 10.1 Å². The molecule has 14 heteroatoms. The van der Waals surface area contributed by atoms with E-state index in [2.05, 4.69) is 4.98 Å². The van der Waals surface area contributed by atoms with Crippen molar-refractivity contribution in [1.82, 2.24) is 9.55 Å². The summed E-state index contributed by atoms with van der Waals surface area (Å²) in [5, 5.41) is 10.5. The maximum absolute atomic E-state index is 13.6. The zero-order valence-corrected chi connectivity index (χ0v) is 17.7. The summed E-state index contributed by atoms with van der Waals surface area (Å²) in [5.74, 6) is 0. The molecule has 0 aliphatic rings. The Kier molecular flexibility index (Phi) is 6.27. The molecule has 1 N–H and O–H groups in total. The Morgan fingerprint density at radius 3 is 2.34 bits per heavy atom. The van der Waals surface area contributed by atoms with Crippen LogP contribution in [0.4, 0.5) is 18.9 Å². The number of nitro benzene ring substituents is 1. The molecule has 0 aliphatic heterocycles. The molecule has 172 valence electrons. The van der Waals surface area contributed by atoms with Crippen LogP contribution >= 0.6 is 7.60 Å². The van der Waals surface area contributed by atoms with Gasteiger partial charge in [-0.25, -0.2) is 0 Å². The number of alkyl halides is 3. The van der Waals surface area contributed by atoms with Crippen molar-refractivity contribution in [3.8, 4) is 0 Å². The van der Waals surface area contributed by atoms with Gasteiger partial charge in [0.05, 0.1) is 40.1 Å². The number of fused-ring (bicyclic) bond motifs is 3. The number of benzene rings is 2. The summed E-state index contributed by atoms with van der Waals surface area (Å²) in [5.41, 5.74) is -5.22. The van der Waals surface area contributed by atoms with Gasteiger partial charge < -0.3 is 14.0 Å². The average molecular weight is 475 g/mol. The van der Waals surface area contributed by atoms with Gasteiger partial charge in [0.15, 0.2) is 0 Å². The molecule has 10 nitrogen and oxygen atoms in total. The van der Waals surface area contributed by atoms with Gasteiger partial charge in [-0.1, -0.05) is 12.1 Å². The quantitative estimate of drug-likeness (QED) is 0.180. The molecular weight excluding hydrogens is 458 g/mol. The maximum Gasteiger partial charge on any atom is 0.417 e. The van der Waals surface area contributed by atoms with Crippen molar-refractivity contribution in [1.29, 1.82) is 0 Å². The minimum atomic E-state index is -4.95. The fourth-order valence-corrected chi connectivity index (χ4v) is 5.08. The van der Waals surface area contributed by atoms with Crippen molar-refractivity contribution in [2.24, 2.45) is 0 Å². The molecule has 3 aromatic rings. The van der Waals surface area contributed by atoms with Gasteiger partial charge in [-0.05, 0) is 19.9 Å². The van der Waals surface area contributed by atoms with E-state index in [1.54, 1.807) is 0 Å². The standard InChI is InChI=1S/C18H17F3N3O7P/c1-3-30-32(29,31-4-2)9-23-15-10-6-5-7-11(18(19,20)21)14(10)13(24(27)28)8-12(15)22-16(25)17(23)26/h5-8H,3-4,9H2,1-2H3,(H,22,25). The summed E-state index contributed by atoms with van der Waals surface area (Å²) in [6.45, 7) is 2.88. The van der Waals surface area contributed by atoms with Gasteiger partial charge in [-0.3, -0.25) is 28.8 Å². The number of nitrogens with one attached hydrogen (secondary N) is 1. The molecule has 0 atom stereocenters. The highest BCUT2D eigenvalue weighted by molar-refractivity contribution is 7.52. The lowest BCUT2D eigenvalue weighted by atomic mass is 10.0. The van der Waals surface area contributed by atoms with Crippen LogP contribution in [0.5, 0.6) is 0 Å². The molecule has 0 fully saturated rings. The third-order valence-corrected chi connectivity index (χ3v) is 6.47. The highest BCUT2D eigenvalue weighted by Crippen LogP contribution is 2.50. The first-order chi connectivity index (χ1) is 14.9. The molecule has 0 saturated carbocycles. The van der Waals surface area contributed by atoms with Crippen LogP contribution in [0.2, 0.25) is 0 Å². The fourth-order valence-electron chi connectivity index (χ4n) is 3.43. The van der Waals surface area contributed by atoms with Crippen molar-refractivity contribution in [2.75, 3.05) is 13.2 Å². The van der Waals surface area contributed by atoms with Crippen LogP contribution in [0.1, 0.15) is 19.4 Å². The van der Waals surface area contributed by atoms with E-state index in [1.165, 1.54) is 13.8 Å². The van der Waals surface area contributed by atoms with Gasteiger partial charge in [-0.2, -0.15) is 13.2 Å². The van der Waals surface area contributed by atoms with E-state index in [-0.39, 0.29) is 29.6 Å². The first-order valence-electron chi connectivity index (χ1n) is 9.25. The van der Waals surface area contributed by atoms with E-state index in [1.807, 2.05) is 0 Å². The molecule has 2 aromatic carbocycles. The fraction of sp³-hybridized carbons (Fsp3) is 0.333. The first-order valence-corrected chi connectivity index (χ1v) is 11.0. The number of rotatable bonds is 7. The highest BCUT2D eigenvalue weighted by atomic mass is 31.2. The first kappa shape index (κ1) is 23.6. The van der Waals surface area contributed by atoms with Crippen LogP contribution in [0.15, 0.2) is 33.9 Å². The lowest BCUT2D eigenvalue weighted by Gasteiger charge is -2.20. The van der Waals surface area contributed by atoms with E-state index < -0.39 is 52.7 Å². The van der Waals surface area contributed by atoms with Gasteiger partial charge in [0.1, 0.15) is 6.29 Å². The topological polar surface area (TPSA) is 134 Å². The Bertz CT molecular complexity index is 1370. The molecule has 0 amide bonds. The molecule has 1 heterocycles. The summed E-state index contributed by atoms with van der Waals surface area (Å²) < 4.78 is 64.9. The minimum absolute atomic E-state index is 0.0718. The SMILES string of the molecule is CCOP(=O)(Cn1c(=O)c(=O)[nH]c2cc([N+](=O)[O-])c3c(C(F)(F)F)cccc3c21)OCC. The Labute approximate surface area is 177 Å². The third kappa shape index (κ3) is 4.18. The molecule has 0 spiro atoms. The van der Waals surface area contributed by atoms with E-state index in [0.717, 1.165) is 18.2 Å². The Morgan fingerprint density at radius 2 is 1.81 bits per heavy atom.